The second kappa shape index (κ2) is 7.96. The van der Waals surface area contributed by atoms with Crippen LogP contribution in [0.3, 0.4) is 0 Å². The third kappa shape index (κ3) is 4.26. The van der Waals surface area contributed by atoms with Gasteiger partial charge < -0.3 is 15.0 Å². The van der Waals surface area contributed by atoms with Crippen LogP contribution >= 0.6 is 0 Å². The highest BCUT2D eigenvalue weighted by molar-refractivity contribution is 5.80. The molecule has 0 aliphatic carbocycles. The van der Waals surface area contributed by atoms with Gasteiger partial charge in [-0.25, -0.2) is 0 Å². The molecule has 0 bridgehead atoms. The van der Waals surface area contributed by atoms with Crippen molar-refractivity contribution in [1.29, 1.82) is 0 Å². The minimum Gasteiger partial charge on any atom is -0.480 e. The fourth-order valence-electron chi connectivity index (χ4n) is 3.15. The molecular weight excluding hydrogens is 316 g/mol. The van der Waals surface area contributed by atoms with Gasteiger partial charge >= 0.3 is 0 Å². The molecule has 1 amide bonds. The summed E-state index contributed by atoms with van der Waals surface area (Å²) in [6.45, 7) is 3.57. The van der Waals surface area contributed by atoms with Crippen molar-refractivity contribution in [1.82, 2.24) is 15.5 Å². The highest BCUT2D eigenvalue weighted by atomic mass is 16.5. The Morgan fingerprint density at radius 1 is 1.24 bits per heavy atom. The molecule has 6 heteroatoms. The maximum atomic E-state index is 12.7. The molecule has 1 fully saturated rings. The molecule has 1 aromatic heterocycles. The number of anilines is 1. The van der Waals surface area contributed by atoms with Gasteiger partial charge in [0.1, 0.15) is 0 Å². The van der Waals surface area contributed by atoms with E-state index in [0.29, 0.717) is 12.4 Å². The number of nitrogens with one attached hydrogen (secondary N) is 1. The molecule has 1 saturated heterocycles. The topological polar surface area (TPSA) is 67.3 Å². The largest absolute Gasteiger partial charge is 0.480 e. The van der Waals surface area contributed by atoms with E-state index in [1.54, 1.807) is 13.2 Å². The molecular formula is C19H24N4O2. The van der Waals surface area contributed by atoms with Crippen molar-refractivity contribution in [2.45, 2.75) is 25.8 Å². The van der Waals surface area contributed by atoms with Crippen LogP contribution in [0.5, 0.6) is 5.88 Å². The van der Waals surface area contributed by atoms with E-state index in [2.05, 4.69) is 20.4 Å². The summed E-state index contributed by atoms with van der Waals surface area (Å²) < 4.78 is 5.05. The van der Waals surface area contributed by atoms with Crippen LogP contribution in [-0.4, -0.2) is 36.3 Å². The lowest BCUT2D eigenvalue weighted by Crippen LogP contribution is -2.44. The van der Waals surface area contributed by atoms with E-state index in [1.807, 2.05) is 43.3 Å². The van der Waals surface area contributed by atoms with Crippen molar-refractivity contribution in [2.75, 3.05) is 25.1 Å². The standard InChI is InChI=1S/C19H24N4O2/c1-14(15-7-4-3-5-8-15)20-19(24)16-9-6-12-23(13-16)17-10-11-18(25-2)22-21-17/h3-5,7-8,10-11,14,16H,6,9,12-13H2,1-2H3,(H,20,24)/t14-,16+/m0/s1. The van der Waals surface area contributed by atoms with E-state index in [1.165, 1.54) is 0 Å². The van der Waals surface area contributed by atoms with Crippen LogP contribution in [0.25, 0.3) is 0 Å². The van der Waals surface area contributed by atoms with Gasteiger partial charge in [-0.2, -0.15) is 0 Å². The summed E-state index contributed by atoms with van der Waals surface area (Å²) in [6.07, 6.45) is 1.86. The molecule has 1 aliphatic heterocycles. The molecule has 2 atom stereocenters. The first-order valence-corrected chi connectivity index (χ1v) is 8.65. The minimum atomic E-state index is -0.0381. The third-order valence-electron chi connectivity index (χ3n) is 4.61. The van der Waals surface area contributed by atoms with Gasteiger partial charge in [0.2, 0.25) is 11.8 Å². The van der Waals surface area contributed by atoms with Crippen molar-refractivity contribution in [3.63, 3.8) is 0 Å². The molecule has 2 aromatic rings. The molecule has 1 aliphatic rings. The van der Waals surface area contributed by atoms with Crippen LogP contribution in [0.2, 0.25) is 0 Å². The van der Waals surface area contributed by atoms with E-state index in [0.717, 1.165) is 30.8 Å². The molecule has 1 aromatic carbocycles. The highest BCUT2D eigenvalue weighted by Crippen LogP contribution is 2.23. The lowest BCUT2D eigenvalue weighted by molar-refractivity contribution is -0.125. The Morgan fingerprint density at radius 2 is 2.04 bits per heavy atom. The van der Waals surface area contributed by atoms with Crippen molar-refractivity contribution < 1.29 is 9.53 Å². The van der Waals surface area contributed by atoms with Crippen LogP contribution in [0.1, 0.15) is 31.4 Å². The zero-order valence-electron chi connectivity index (χ0n) is 14.7. The van der Waals surface area contributed by atoms with Gasteiger partial charge in [0.05, 0.1) is 19.1 Å². The Balaban J connectivity index is 1.61. The third-order valence-corrected chi connectivity index (χ3v) is 4.61. The summed E-state index contributed by atoms with van der Waals surface area (Å²) in [4.78, 5) is 14.8. The smallest absolute Gasteiger partial charge is 0.233 e. The number of carbonyl (C=O) groups is 1. The molecule has 2 heterocycles. The van der Waals surface area contributed by atoms with Gasteiger partial charge in [-0.1, -0.05) is 30.3 Å². The zero-order chi connectivity index (χ0) is 17.6. The Kier molecular flexibility index (Phi) is 5.48. The molecule has 0 spiro atoms. The summed E-state index contributed by atoms with van der Waals surface area (Å²) in [5.74, 6) is 1.34. The first kappa shape index (κ1) is 17.2. The molecule has 0 saturated carbocycles. The first-order valence-electron chi connectivity index (χ1n) is 8.65. The van der Waals surface area contributed by atoms with Crippen molar-refractivity contribution in [3.8, 4) is 5.88 Å². The fourth-order valence-corrected chi connectivity index (χ4v) is 3.15. The molecule has 0 unspecified atom stereocenters. The molecule has 25 heavy (non-hydrogen) atoms. The Labute approximate surface area is 148 Å². The summed E-state index contributed by atoms with van der Waals surface area (Å²) in [7, 11) is 1.57. The van der Waals surface area contributed by atoms with Crippen molar-refractivity contribution in [3.05, 3.63) is 48.0 Å². The van der Waals surface area contributed by atoms with Gasteiger partial charge in [0.25, 0.3) is 0 Å². The van der Waals surface area contributed by atoms with Crippen molar-refractivity contribution in [2.24, 2.45) is 5.92 Å². The number of piperidine rings is 1. The molecule has 6 nitrogen and oxygen atoms in total. The van der Waals surface area contributed by atoms with Crippen LogP contribution < -0.4 is 15.0 Å². The predicted octanol–water partition coefficient (Wildman–Crippen LogP) is 2.58. The SMILES string of the molecule is COc1ccc(N2CCC[C@@H](C(=O)N[C@@H](C)c3ccccc3)C2)nn1. The lowest BCUT2D eigenvalue weighted by Gasteiger charge is -2.33. The zero-order valence-corrected chi connectivity index (χ0v) is 14.7. The monoisotopic (exact) mass is 340 g/mol. The second-order valence-corrected chi connectivity index (χ2v) is 6.36. The van der Waals surface area contributed by atoms with E-state index < -0.39 is 0 Å². The Morgan fingerprint density at radius 3 is 2.72 bits per heavy atom. The molecule has 3 rings (SSSR count). The van der Waals surface area contributed by atoms with Crippen LogP contribution in [-0.2, 0) is 4.79 Å². The van der Waals surface area contributed by atoms with Crippen LogP contribution in [0, 0.1) is 5.92 Å². The van der Waals surface area contributed by atoms with E-state index in [4.69, 9.17) is 4.74 Å². The van der Waals surface area contributed by atoms with Crippen LogP contribution in [0.4, 0.5) is 5.82 Å². The number of methoxy groups -OCH3 is 1. The number of aromatic nitrogens is 2. The Hall–Kier alpha value is -2.63. The number of hydrogen-bond acceptors (Lipinski definition) is 5. The highest BCUT2D eigenvalue weighted by Gasteiger charge is 2.27. The quantitative estimate of drug-likeness (QED) is 0.906. The maximum Gasteiger partial charge on any atom is 0.233 e. The number of hydrogen-bond donors (Lipinski definition) is 1. The van der Waals surface area contributed by atoms with Gasteiger partial charge in [-0.15, -0.1) is 10.2 Å². The minimum absolute atomic E-state index is 0.00450. The number of carbonyl (C=O) groups excluding carboxylic acids is 1. The lowest BCUT2D eigenvalue weighted by atomic mass is 9.96. The van der Waals surface area contributed by atoms with E-state index in [-0.39, 0.29) is 17.9 Å². The first-order chi connectivity index (χ1) is 12.2. The van der Waals surface area contributed by atoms with Gasteiger partial charge in [-0.05, 0) is 31.4 Å². The van der Waals surface area contributed by atoms with Crippen LogP contribution in [0.15, 0.2) is 42.5 Å². The van der Waals surface area contributed by atoms with E-state index >= 15 is 0 Å². The van der Waals surface area contributed by atoms with Gasteiger partial charge in [-0.3, -0.25) is 4.79 Å². The number of ether oxygens (including phenoxy) is 1. The average molecular weight is 340 g/mol. The summed E-state index contributed by atoms with van der Waals surface area (Å²) in [6, 6.07) is 13.7. The maximum absolute atomic E-state index is 12.7. The summed E-state index contributed by atoms with van der Waals surface area (Å²) in [5, 5.41) is 11.3. The predicted molar refractivity (Wildman–Crippen MR) is 96.5 cm³/mol. The van der Waals surface area contributed by atoms with Gasteiger partial charge in [0, 0.05) is 19.2 Å². The van der Waals surface area contributed by atoms with Crippen molar-refractivity contribution >= 4 is 11.7 Å². The molecule has 0 radical (unpaired) electrons. The molecule has 132 valence electrons. The number of rotatable bonds is 5. The normalized spacial score (nSPS) is 18.5. The van der Waals surface area contributed by atoms with E-state index in [9.17, 15) is 4.79 Å². The summed E-state index contributed by atoms with van der Waals surface area (Å²) >= 11 is 0. The molecule has 1 N–H and O–H groups in total. The fraction of sp³-hybridized carbons (Fsp3) is 0.421. The Bertz CT molecular complexity index is 690. The average Bonchev–Trinajstić information content (AvgIpc) is 2.68. The number of amides is 1. The second-order valence-electron chi connectivity index (χ2n) is 6.36. The summed E-state index contributed by atoms with van der Waals surface area (Å²) in [5.41, 5.74) is 1.12. The number of nitrogens with zero attached hydrogens (tertiary/aromatic N) is 3. The number of benzene rings is 1. The van der Waals surface area contributed by atoms with Gasteiger partial charge in [0.15, 0.2) is 5.82 Å².